The number of nitrogens with one attached hydrogen (secondary N) is 1. The quantitative estimate of drug-likeness (QED) is 0.564. The molecule has 108 valence electrons. The number of benzene rings is 2. The van der Waals surface area contributed by atoms with E-state index in [4.69, 9.17) is 11.6 Å². The van der Waals surface area contributed by atoms with Crippen molar-refractivity contribution in [2.75, 3.05) is 5.32 Å². The van der Waals surface area contributed by atoms with Gasteiger partial charge in [-0.3, -0.25) is 4.79 Å². The molecular weight excluding hydrogens is 350 g/mol. The normalized spacial score (nSPS) is 11.3. The Labute approximate surface area is 138 Å². The molecule has 0 unspecified atom stereocenters. The van der Waals surface area contributed by atoms with Crippen molar-refractivity contribution in [3.05, 3.63) is 74.9 Å². The molecule has 4 heteroatoms. The van der Waals surface area contributed by atoms with Crippen LogP contribution >= 0.6 is 27.5 Å². The maximum Gasteiger partial charge on any atom is 0.187 e. The van der Waals surface area contributed by atoms with Crippen molar-refractivity contribution in [1.29, 1.82) is 0 Å². The summed E-state index contributed by atoms with van der Waals surface area (Å²) in [5, 5.41) is 3.73. The number of allylic oxidation sites excluding steroid dienone is 2. The standard InChI is InChI=1S/C17H15BrClNO/c1-11-3-5-13(6-4-11)17(21)9-12(2)20-16-8-7-14(18)10-15(16)19/h3-10,20H,1-2H3/b12-9+. The maximum atomic E-state index is 12.1. The molecular formula is C17H15BrClNO. The highest BCUT2D eigenvalue weighted by Crippen LogP contribution is 2.26. The van der Waals surface area contributed by atoms with Crippen molar-refractivity contribution >= 4 is 39.0 Å². The molecule has 0 aliphatic carbocycles. The van der Waals surface area contributed by atoms with Crippen LogP contribution in [0.15, 0.2) is 58.7 Å². The van der Waals surface area contributed by atoms with Gasteiger partial charge in [0.2, 0.25) is 0 Å². The Morgan fingerprint density at radius 3 is 2.48 bits per heavy atom. The molecule has 0 atom stereocenters. The molecule has 0 fully saturated rings. The first-order valence-electron chi connectivity index (χ1n) is 6.47. The Balaban J connectivity index is 2.13. The minimum atomic E-state index is -0.0340. The Morgan fingerprint density at radius 2 is 1.86 bits per heavy atom. The summed E-state index contributed by atoms with van der Waals surface area (Å²) in [6, 6.07) is 13.1. The lowest BCUT2D eigenvalue weighted by molar-refractivity contribution is 0.104. The Kier molecular flexibility index (Phi) is 5.21. The molecule has 2 aromatic rings. The summed E-state index contributed by atoms with van der Waals surface area (Å²) in [5.41, 5.74) is 3.31. The summed E-state index contributed by atoms with van der Waals surface area (Å²) in [7, 11) is 0. The Bertz CT molecular complexity index is 692. The van der Waals surface area contributed by atoms with E-state index in [1.807, 2.05) is 50.2 Å². The van der Waals surface area contributed by atoms with Gasteiger partial charge in [-0.05, 0) is 32.0 Å². The molecule has 0 saturated heterocycles. The van der Waals surface area contributed by atoms with E-state index in [0.717, 1.165) is 21.4 Å². The molecule has 2 aromatic carbocycles. The van der Waals surface area contributed by atoms with Crippen molar-refractivity contribution in [3.8, 4) is 0 Å². The molecule has 0 aliphatic rings. The van der Waals surface area contributed by atoms with Gasteiger partial charge in [0.1, 0.15) is 0 Å². The molecule has 0 radical (unpaired) electrons. The van der Waals surface area contributed by atoms with Gasteiger partial charge in [0.25, 0.3) is 0 Å². The minimum absolute atomic E-state index is 0.0340. The molecule has 0 amide bonds. The van der Waals surface area contributed by atoms with Crippen LogP contribution in [0.3, 0.4) is 0 Å². The Hall–Kier alpha value is -1.58. The van der Waals surface area contributed by atoms with Crippen LogP contribution in [0.5, 0.6) is 0 Å². The van der Waals surface area contributed by atoms with E-state index in [1.165, 1.54) is 0 Å². The second-order valence-corrected chi connectivity index (χ2v) is 6.13. The van der Waals surface area contributed by atoms with Crippen LogP contribution in [0.4, 0.5) is 5.69 Å². The van der Waals surface area contributed by atoms with Crippen molar-refractivity contribution in [2.45, 2.75) is 13.8 Å². The van der Waals surface area contributed by atoms with Gasteiger partial charge in [-0.15, -0.1) is 0 Å². The third-order valence-corrected chi connectivity index (χ3v) is 3.75. The van der Waals surface area contributed by atoms with E-state index >= 15 is 0 Å². The van der Waals surface area contributed by atoms with Crippen molar-refractivity contribution in [2.24, 2.45) is 0 Å². The monoisotopic (exact) mass is 363 g/mol. The predicted molar refractivity (Wildman–Crippen MR) is 92.0 cm³/mol. The fourth-order valence-corrected chi connectivity index (χ4v) is 2.56. The van der Waals surface area contributed by atoms with Crippen molar-refractivity contribution < 1.29 is 4.79 Å². The topological polar surface area (TPSA) is 29.1 Å². The molecule has 0 saturated carbocycles. The first-order chi connectivity index (χ1) is 9.95. The SMILES string of the molecule is C/C(=C\C(=O)c1ccc(C)cc1)Nc1ccc(Br)cc1Cl. The van der Waals surface area contributed by atoms with Gasteiger partial charge in [0, 0.05) is 21.8 Å². The summed E-state index contributed by atoms with van der Waals surface area (Å²) in [6.07, 6.45) is 1.57. The minimum Gasteiger partial charge on any atom is -0.358 e. The van der Waals surface area contributed by atoms with Gasteiger partial charge < -0.3 is 5.32 Å². The van der Waals surface area contributed by atoms with E-state index in [1.54, 1.807) is 12.1 Å². The highest BCUT2D eigenvalue weighted by atomic mass is 79.9. The highest BCUT2D eigenvalue weighted by molar-refractivity contribution is 9.10. The van der Waals surface area contributed by atoms with Crippen molar-refractivity contribution in [1.82, 2.24) is 0 Å². The maximum absolute atomic E-state index is 12.1. The van der Waals surface area contributed by atoms with Gasteiger partial charge >= 0.3 is 0 Å². The zero-order chi connectivity index (χ0) is 15.4. The molecule has 0 aromatic heterocycles. The number of aryl methyl sites for hydroxylation is 1. The summed E-state index contributed by atoms with van der Waals surface area (Å²) < 4.78 is 0.912. The molecule has 2 rings (SSSR count). The second kappa shape index (κ2) is 6.92. The first-order valence-corrected chi connectivity index (χ1v) is 7.64. The van der Waals surface area contributed by atoms with Gasteiger partial charge in [0.15, 0.2) is 5.78 Å². The highest BCUT2D eigenvalue weighted by Gasteiger charge is 2.05. The summed E-state index contributed by atoms with van der Waals surface area (Å²) in [6.45, 7) is 3.83. The fourth-order valence-electron chi connectivity index (χ4n) is 1.84. The third kappa shape index (κ3) is 4.45. The lowest BCUT2D eigenvalue weighted by Crippen LogP contribution is -2.01. The third-order valence-electron chi connectivity index (χ3n) is 2.95. The Morgan fingerprint density at radius 1 is 1.19 bits per heavy atom. The number of halogens is 2. The van der Waals surface area contributed by atoms with E-state index in [0.29, 0.717) is 10.6 Å². The lowest BCUT2D eigenvalue weighted by atomic mass is 10.1. The molecule has 0 aliphatic heterocycles. The van der Waals surface area contributed by atoms with Gasteiger partial charge in [0.05, 0.1) is 10.7 Å². The number of rotatable bonds is 4. The summed E-state index contributed by atoms with van der Waals surface area (Å²) in [4.78, 5) is 12.1. The first kappa shape index (κ1) is 15.8. The molecule has 0 bridgehead atoms. The summed E-state index contributed by atoms with van der Waals surface area (Å²) in [5.74, 6) is -0.0340. The fraction of sp³-hybridized carbons (Fsp3) is 0.118. The van der Waals surface area contributed by atoms with Crippen LogP contribution in [0, 0.1) is 6.92 Å². The number of hydrogen-bond donors (Lipinski definition) is 1. The van der Waals surface area contributed by atoms with Crippen LogP contribution in [-0.2, 0) is 0 Å². The number of carbonyl (C=O) groups excluding carboxylic acids is 1. The molecule has 0 heterocycles. The zero-order valence-electron chi connectivity index (χ0n) is 11.8. The van der Waals surface area contributed by atoms with Crippen LogP contribution < -0.4 is 5.32 Å². The smallest absolute Gasteiger partial charge is 0.187 e. The molecule has 2 nitrogen and oxygen atoms in total. The largest absolute Gasteiger partial charge is 0.358 e. The summed E-state index contributed by atoms with van der Waals surface area (Å²) >= 11 is 9.50. The van der Waals surface area contributed by atoms with Gasteiger partial charge in [-0.1, -0.05) is 57.4 Å². The predicted octanol–water partition coefficient (Wildman–Crippen LogP) is 5.61. The zero-order valence-corrected chi connectivity index (χ0v) is 14.1. The van der Waals surface area contributed by atoms with E-state index < -0.39 is 0 Å². The number of carbonyl (C=O) groups is 1. The van der Waals surface area contributed by atoms with E-state index in [2.05, 4.69) is 21.2 Å². The van der Waals surface area contributed by atoms with Crippen LogP contribution in [0.1, 0.15) is 22.8 Å². The van der Waals surface area contributed by atoms with E-state index in [9.17, 15) is 4.79 Å². The molecule has 21 heavy (non-hydrogen) atoms. The van der Waals surface area contributed by atoms with Crippen LogP contribution in [-0.4, -0.2) is 5.78 Å². The number of ketones is 1. The lowest BCUT2D eigenvalue weighted by Gasteiger charge is -2.09. The molecule has 0 spiro atoms. The number of hydrogen-bond acceptors (Lipinski definition) is 2. The number of anilines is 1. The average Bonchev–Trinajstić information content (AvgIpc) is 2.42. The van der Waals surface area contributed by atoms with Crippen molar-refractivity contribution in [3.63, 3.8) is 0 Å². The van der Waals surface area contributed by atoms with E-state index in [-0.39, 0.29) is 5.78 Å². The van der Waals surface area contributed by atoms with Gasteiger partial charge in [-0.2, -0.15) is 0 Å². The second-order valence-electron chi connectivity index (χ2n) is 4.81. The average molecular weight is 365 g/mol. The van der Waals surface area contributed by atoms with Gasteiger partial charge in [-0.25, -0.2) is 0 Å². The molecule has 1 N–H and O–H groups in total. The van der Waals surface area contributed by atoms with Crippen LogP contribution in [0.25, 0.3) is 0 Å². The van der Waals surface area contributed by atoms with Crippen LogP contribution in [0.2, 0.25) is 5.02 Å².